The summed E-state index contributed by atoms with van der Waals surface area (Å²) >= 11 is 0. The number of hydrogen-bond acceptors (Lipinski definition) is 3. The van der Waals surface area contributed by atoms with Gasteiger partial charge in [0.25, 0.3) is 0 Å². The first-order valence-electron chi connectivity index (χ1n) is 4.03. The third kappa shape index (κ3) is 1.75. The van der Waals surface area contributed by atoms with Gasteiger partial charge >= 0.3 is 5.97 Å². The lowest BCUT2D eigenvalue weighted by molar-refractivity contribution is -0.151. The minimum Gasteiger partial charge on any atom is -0.468 e. The number of hydrogen-bond donors (Lipinski definition) is 1. The Morgan fingerprint density at radius 1 is 1.58 bits per heavy atom. The van der Waals surface area contributed by atoms with Crippen molar-refractivity contribution in [3.63, 3.8) is 0 Å². The van der Waals surface area contributed by atoms with Crippen molar-refractivity contribution < 1.29 is 14.3 Å². The van der Waals surface area contributed by atoms with Gasteiger partial charge in [0.15, 0.2) is 0 Å². The molecule has 1 fully saturated rings. The van der Waals surface area contributed by atoms with Crippen molar-refractivity contribution in [2.45, 2.75) is 25.8 Å². The molecule has 1 N–H and O–H groups in total. The highest BCUT2D eigenvalue weighted by Gasteiger charge is 2.32. The maximum atomic E-state index is 11.2. The normalized spacial score (nSPS) is 29.3. The minimum absolute atomic E-state index is 0.179. The molecule has 1 rings (SSSR count). The van der Waals surface area contributed by atoms with E-state index in [1.54, 1.807) is 0 Å². The molecule has 4 nitrogen and oxygen atoms in total. The molecule has 0 unspecified atom stereocenters. The molecule has 1 amide bonds. The molecular weight excluding hydrogens is 158 g/mol. The molecule has 4 heteroatoms. The van der Waals surface area contributed by atoms with Crippen LogP contribution >= 0.6 is 0 Å². The highest BCUT2D eigenvalue weighted by atomic mass is 16.5. The quantitative estimate of drug-likeness (QED) is 0.449. The SMILES string of the molecule is COC(=O)[C@H]1CC[C@H](C)NC1=O. The van der Waals surface area contributed by atoms with Crippen molar-refractivity contribution in [3.8, 4) is 0 Å². The maximum Gasteiger partial charge on any atom is 0.318 e. The van der Waals surface area contributed by atoms with Crippen molar-refractivity contribution in [1.82, 2.24) is 5.32 Å². The van der Waals surface area contributed by atoms with Crippen LogP contribution in [-0.4, -0.2) is 25.0 Å². The van der Waals surface area contributed by atoms with Crippen LogP contribution in [-0.2, 0) is 14.3 Å². The van der Waals surface area contributed by atoms with E-state index in [4.69, 9.17) is 0 Å². The van der Waals surface area contributed by atoms with E-state index in [1.807, 2.05) is 6.92 Å². The fraction of sp³-hybridized carbons (Fsp3) is 0.750. The van der Waals surface area contributed by atoms with Gasteiger partial charge in [-0.2, -0.15) is 0 Å². The summed E-state index contributed by atoms with van der Waals surface area (Å²) in [7, 11) is 1.30. The Morgan fingerprint density at radius 3 is 2.75 bits per heavy atom. The fourth-order valence-corrected chi connectivity index (χ4v) is 1.33. The molecule has 0 bridgehead atoms. The molecule has 1 saturated heterocycles. The average Bonchev–Trinajstić information content (AvgIpc) is 2.03. The number of carbonyl (C=O) groups is 2. The summed E-state index contributed by atoms with van der Waals surface area (Å²) in [5.41, 5.74) is 0. The second-order valence-electron chi connectivity index (χ2n) is 3.06. The molecule has 1 aliphatic rings. The van der Waals surface area contributed by atoms with Crippen molar-refractivity contribution in [3.05, 3.63) is 0 Å². The average molecular weight is 171 g/mol. The lowest BCUT2D eigenvalue weighted by Crippen LogP contribution is -2.45. The number of esters is 1. The van der Waals surface area contributed by atoms with Crippen molar-refractivity contribution in [2.75, 3.05) is 7.11 Å². The number of rotatable bonds is 1. The van der Waals surface area contributed by atoms with Crippen molar-refractivity contribution >= 4 is 11.9 Å². The van der Waals surface area contributed by atoms with E-state index in [1.165, 1.54) is 7.11 Å². The highest BCUT2D eigenvalue weighted by molar-refractivity contribution is 5.98. The summed E-state index contributed by atoms with van der Waals surface area (Å²) in [6.07, 6.45) is 1.44. The summed E-state index contributed by atoms with van der Waals surface area (Å²) < 4.78 is 4.50. The topological polar surface area (TPSA) is 55.4 Å². The summed E-state index contributed by atoms with van der Waals surface area (Å²) in [6, 6.07) is 0.179. The molecular formula is C8H13NO3. The van der Waals surface area contributed by atoms with Crippen LogP contribution in [0.25, 0.3) is 0 Å². The van der Waals surface area contributed by atoms with Gasteiger partial charge in [0.2, 0.25) is 5.91 Å². The van der Waals surface area contributed by atoms with Crippen LogP contribution < -0.4 is 5.32 Å². The predicted molar refractivity (Wildman–Crippen MR) is 42.3 cm³/mol. The Balaban J connectivity index is 2.56. The van der Waals surface area contributed by atoms with Crippen LogP contribution in [0.2, 0.25) is 0 Å². The number of ether oxygens (including phenoxy) is 1. The Labute approximate surface area is 71.3 Å². The smallest absolute Gasteiger partial charge is 0.318 e. The van der Waals surface area contributed by atoms with Crippen LogP contribution in [0.3, 0.4) is 0 Å². The number of piperidine rings is 1. The van der Waals surface area contributed by atoms with Gasteiger partial charge in [-0.05, 0) is 19.8 Å². The summed E-state index contributed by atoms with van der Waals surface area (Å²) in [4.78, 5) is 22.2. The Morgan fingerprint density at radius 2 is 2.25 bits per heavy atom. The molecule has 0 aromatic heterocycles. The van der Waals surface area contributed by atoms with Gasteiger partial charge in [0.05, 0.1) is 7.11 Å². The number of methoxy groups -OCH3 is 1. The molecule has 0 saturated carbocycles. The molecule has 0 aliphatic carbocycles. The largest absolute Gasteiger partial charge is 0.468 e. The first-order chi connectivity index (χ1) is 5.65. The lowest BCUT2D eigenvalue weighted by Gasteiger charge is -2.24. The van der Waals surface area contributed by atoms with Crippen LogP contribution in [0.5, 0.6) is 0 Å². The first kappa shape index (κ1) is 9.03. The second-order valence-corrected chi connectivity index (χ2v) is 3.06. The van der Waals surface area contributed by atoms with Crippen LogP contribution in [0.4, 0.5) is 0 Å². The van der Waals surface area contributed by atoms with Gasteiger partial charge in [-0.25, -0.2) is 0 Å². The van der Waals surface area contributed by atoms with E-state index in [-0.39, 0.29) is 11.9 Å². The minimum atomic E-state index is -0.591. The van der Waals surface area contributed by atoms with Gasteiger partial charge in [0, 0.05) is 6.04 Å². The summed E-state index contributed by atoms with van der Waals surface area (Å²) in [5.74, 6) is -1.23. The molecule has 2 atom stereocenters. The molecule has 0 spiro atoms. The molecule has 1 aliphatic heterocycles. The number of carbonyl (C=O) groups excluding carboxylic acids is 2. The Bertz CT molecular complexity index is 202. The van der Waals surface area contributed by atoms with Gasteiger partial charge < -0.3 is 10.1 Å². The summed E-state index contributed by atoms with van der Waals surface area (Å²) in [5, 5.41) is 2.70. The third-order valence-corrected chi connectivity index (χ3v) is 2.08. The maximum absolute atomic E-state index is 11.2. The third-order valence-electron chi connectivity index (χ3n) is 2.08. The zero-order valence-corrected chi connectivity index (χ0v) is 7.29. The van der Waals surface area contributed by atoms with E-state index < -0.39 is 11.9 Å². The molecule has 0 aromatic rings. The van der Waals surface area contributed by atoms with E-state index in [9.17, 15) is 9.59 Å². The van der Waals surface area contributed by atoms with Crippen LogP contribution in [0, 0.1) is 5.92 Å². The Kier molecular flexibility index (Phi) is 2.68. The lowest BCUT2D eigenvalue weighted by atomic mass is 9.95. The zero-order chi connectivity index (χ0) is 9.14. The predicted octanol–water partition coefficient (Wildman–Crippen LogP) is 0.0741. The van der Waals surface area contributed by atoms with Crippen molar-refractivity contribution in [1.29, 1.82) is 0 Å². The van der Waals surface area contributed by atoms with Crippen molar-refractivity contribution in [2.24, 2.45) is 5.92 Å². The molecule has 1 heterocycles. The molecule has 0 radical (unpaired) electrons. The number of amides is 1. The number of nitrogens with one attached hydrogen (secondary N) is 1. The van der Waals surface area contributed by atoms with E-state index >= 15 is 0 Å². The van der Waals surface area contributed by atoms with Gasteiger partial charge in [-0.15, -0.1) is 0 Å². The monoisotopic (exact) mass is 171 g/mol. The van der Waals surface area contributed by atoms with Crippen LogP contribution in [0.1, 0.15) is 19.8 Å². The standard InChI is InChI=1S/C8H13NO3/c1-5-3-4-6(7(10)9-5)8(11)12-2/h5-6H,3-4H2,1-2H3,(H,9,10)/t5-,6-/m0/s1. The Hall–Kier alpha value is -1.06. The second kappa shape index (κ2) is 3.56. The molecule has 0 aromatic carbocycles. The van der Waals surface area contributed by atoms with Gasteiger partial charge in [-0.3, -0.25) is 9.59 Å². The fourth-order valence-electron chi connectivity index (χ4n) is 1.33. The van der Waals surface area contributed by atoms with E-state index in [0.717, 1.165) is 6.42 Å². The summed E-state index contributed by atoms with van der Waals surface area (Å²) in [6.45, 7) is 1.92. The first-order valence-corrected chi connectivity index (χ1v) is 4.03. The molecule has 12 heavy (non-hydrogen) atoms. The molecule has 68 valence electrons. The zero-order valence-electron chi connectivity index (χ0n) is 7.29. The van der Waals surface area contributed by atoms with E-state index in [2.05, 4.69) is 10.1 Å². The van der Waals surface area contributed by atoms with Gasteiger partial charge in [0.1, 0.15) is 5.92 Å². The van der Waals surface area contributed by atoms with Gasteiger partial charge in [-0.1, -0.05) is 0 Å². The van der Waals surface area contributed by atoms with E-state index in [0.29, 0.717) is 6.42 Å². The highest BCUT2D eigenvalue weighted by Crippen LogP contribution is 2.16. The van der Waals surface area contributed by atoms with Crippen LogP contribution in [0.15, 0.2) is 0 Å².